The number of nitrogens with zero attached hydrogens (tertiary/aromatic N) is 2. The predicted octanol–water partition coefficient (Wildman–Crippen LogP) is 10.6. The molecule has 0 radical (unpaired) electrons. The second-order valence-corrected chi connectivity index (χ2v) is 22.2. The Balaban J connectivity index is 1.01. The van der Waals surface area contributed by atoms with E-state index in [4.69, 9.17) is 27.6 Å². The molecule has 4 aromatic rings. The minimum absolute atomic E-state index is 0.0557. The van der Waals surface area contributed by atoms with Crippen LogP contribution in [0.5, 0.6) is 0 Å². The molecule has 2 aliphatic heterocycles. The van der Waals surface area contributed by atoms with E-state index in [1.165, 1.54) is 15.3 Å². The van der Waals surface area contributed by atoms with E-state index in [2.05, 4.69) is 81.4 Å². The quantitative estimate of drug-likeness (QED) is 0.158. The average molecular weight is 836 g/mol. The van der Waals surface area contributed by atoms with Crippen molar-refractivity contribution in [1.29, 1.82) is 0 Å². The zero-order valence-electron chi connectivity index (χ0n) is 32.8. The summed E-state index contributed by atoms with van der Waals surface area (Å²) < 4.78 is 47.0. The highest BCUT2D eigenvalue weighted by atomic mass is 35.5. The molecule has 3 fully saturated rings. The molecule has 1 aliphatic carbocycles. The van der Waals surface area contributed by atoms with Gasteiger partial charge in [-0.3, -0.25) is 9.59 Å². The van der Waals surface area contributed by atoms with E-state index in [0.717, 1.165) is 48.8 Å². The SMILES string of the molecule is CC(C)(C)[Si](OC1CCC(C2CCN(Cc3c(Cl)cc(Cl)cc3-c3ccc(C(=O)N4CCC(C(F)(F)F)CC4)cc3)C2=O)CC1)(c1ccccc1)c1ccccc1. The molecule has 1 atom stereocenters. The first-order chi connectivity index (χ1) is 27.2. The summed E-state index contributed by atoms with van der Waals surface area (Å²) in [7, 11) is -2.68. The highest BCUT2D eigenvalue weighted by Gasteiger charge is 2.52. The normalized spacial score (nSPS) is 21.3. The van der Waals surface area contributed by atoms with Gasteiger partial charge in [-0.25, -0.2) is 0 Å². The van der Waals surface area contributed by atoms with Crippen molar-refractivity contribution in [3.05, 3.63) is 118 Å². The van der Waals surface area contributed by atoms with E-state index >= 15 is 0 Å². The molecule has 302 valence electrons. The fraction of sp³-hybridized carbons (Fsp3) is 0.435. The van der Waals surface area contributed by atoms with Gasteiger partial charge in [0.15, 0.2) is 0 Å². The molecule has 0 aromatic heterocycles. The number of hydrogen-bond donors (Lipinski definition) is 0. The first-order valence-corrected chi connectivity index (χ1v) is 22.8. The molecule has 3 aliphatic rings. The van der Waals surface area contributed by atoms with Gasteiger partial charge in [0.2, 0.25) is 5.91 Å². The van der Waals surface area contributed by atoms with Gasteiger partial charge >= 0.3 is 6.18 Å². The highest BCUT2D eigenvalue weighted by molar-refractivity contribution is 6.99. The number of halogens is 5. The third kappa shape index (κ3) is 8.73. The van der Waals surface area contributed by atoms with Crippen molar-refractivity contribution in [2.75, 3.05) is 19.6 Å². The maximum absolute atomic E-state index is 14.1. The van der Waals surface area contributed by atoms with Crippen LogP contribution in [0, 0.1) is 17.8 Å². The van der Waals surface area contributed by atoms with Crippen molar-refractivity contribution in [1.82, 2.24) is 9.80 Å². The molecule has 4 aromatic carbocycles. The van der Waals surface area contributed by atoms with Gasteiger partial charge in [-0.15, -0.1) is 0 Å². The lowest BCUT2D eigenvalue weighted by Gasteiger charge is -2.46. The van der Waals surface area contributed by atoms with E-state index in [1.807, 2.05) is 23.1 Å². The van der Waals surface area contributed by atoms with Crippen molar-refractivity contribution in [3.63, 3.8) is 0 Å². The topological polar surface area (TPSA) is 49.9 Å². The van der Waals surface area contributed by atoms with Crippen molar-refractivity contribution in [3.8, 4) is 11.1 Å². The Labute approximate surface area is 345 Å². The number of carbonyl (C=O) groups excluding carboxylic acids is 2. The van der Waals surface area contributed by atoms with Crippen LogP contribution in [-0.4, -0.2) is 61.8 Å². The molecule has 2 amide bonds. The van der Waals surface area contributed by atoms with Crippen molar-refractivity contribution >= 4 is 53.7 Å². The van der Waals surface area contributed by atoms with Crippen molar-refractivity contribution < 1.29 is 27.2 Å². The van der Waals surface area contributed by atoms with E-state index in [-0.39, 0.29) is 60.7 Å². The van der Waals surface area contributed by atoms with Crippen LogP contribution in [0.3, 0.4) is 0 Å². The van der Waals surface area contributed by atoms with Gasteiger partial charge in [0.05, 0.1) is 5.92 Å². The summed E-state index contributed by atoms with van der Waals surface area (Å²) >= 11 is 13.3. The Morgan fingerprint density at radius 1 is 0.772 bits per heavy atom. The lowest BCUT2D eigenvalue weighted by atomic mass is 9.78. The summed E-state index contributed by atoms with van der Waals surface area (Å²) in [6, 6.07) is 32.0. The van der Waals surface area contributed by atoms with Gasteiger partial charge in [-0.2, -0.15) is 13.2 Å². The summed E-state index contributed by atoms with van der Waals surface area (Å²) in [6.07, 6.45) is 0.179. The highest BCUT2D eigenvalue weighted by Crippen LogP contribution is 2.43. The number of hydrogen-bond acceptors (Lipinski definition) is 3. The molecule has 7 rings (SSSR count). The number of amides is 2. The maximum atomic E-state index is 14.1. The van der Waals surface area contributed by atoms with Crippen LogP contribution in [0.2, 0.25) is 15.1 Å². The molecule has 0 bridgehead atoms. The Kier molecular flexibility index (Phi) is 12.3. The van der Waals surface area contributed by atoms with E-state index in [0.29, 0.717) is 28.7 Å². The number of likely N-dealkylation sites (tertiary alicyclic amines) is 2. The van der Waals surface area contributed by atoms with Crippen molar-refractivity contribution in [2.45, 2.75) is 89.6 Å². The zero-order valence-corrected chi connectivity index (χ0v) is 35.3. The number of rotatable bonds is 9. The second kappa shape index (κ2) is 16.9. The molecule has 0 spiro atoms. The molecule has 5 nitrogen and oxygen atoms in total. The molecule has 0 N–H and O–H groups in total. The lowest BCUT2D eigenvalue weighted by Crippen LogP contribution is -2.67. The minimum Gasteiger partial charge on any atom is -0.404 e. The third-order valence-electron chi connectivity index (χ3n) is 12.6. The summed E-state index contributed by atoms with van der Waals surface area (Å²) in [6.45, 7) is 8.04. The average Bonchev–Trinajstić information content (AvgIpc) is 3.56. The van der Waals surface area contributed by atoms with Gasteiger partial charge in [0.1, 0.15) is 0 Å². The van der Waals surface area contributed by atoms with Gasteiger partial charge in [-0.05, 0) is 107 Å². The first-order valence-electron chi connectivity index (χ1n) is 20.2. The van der Waals surface area contributed by atoms with Crippen LogP contribution < -0.4 is 10.4 Å². The zero-order chi connectivity index (χ0) is 40.5. The van der Waals surface area contributed by atoms with Crippen LogP contribution in [-0.2, 0) is 15.8 Å². The van der Waals surface area contributed by atoms with Crippen LogP contribution in [0.25, 0.3) is 11.1 Å². The smallest absolute Gasteiger partial charge is 0.391 e. The molecule has 1 unspecified atom stereocenters. The van der Waals surface area contributed by atoms with E-state index < -0.39 is 20.4 Å². The van der Waals surface area contributed by atoms with Gasteiger partial charge in [0, 0.05) is 53.8 Å². The van der Waals surface area contributed by atoms with Crippen molar-refractivity contribution in [2.24, 2.45) is 17.8 Å². The largest absolute Gasteiger partial charge is 0.404 e. The van der Waals surface area contributed by atoms with Crippen LogP contribution in [0.4, 0.5) is 13.2 Å². The molecule has 1 saturated carbocycles. The summed E-state index contributed by atoms with van der Waals surface area (Å²) in [5.74, 6) is -1.28. The number of alkyl halides is 3. The molecule has 2 saturated heterocycles. The Bertz CT molecular complexity index is 1990. The van der Waals surface area contributed by atoms with Gasteiger partial charge < -0.3 is 14.2 Å². The number of piperidine rings is 1. The summed E-state index contributed by atoms with van der Waals surface area (Å²) in [5.41, 5.74) is 2.74. The Morgan fingerprint density at radius 2 is 1.35 bits per heavy atom. The monoisotopic (exact) mass is 834 g/mol. The molecule has 11 heteroatoms. The summed E-state index contributed by atoms with van der Waals surface area (Å²) in [4.78, 5) is 30.7. The molecular formula is C46H51Cl2F3N2O3Si. The number of benzene rings is 4. The van der Waals surface area contributed by atoms with Crippen LogP contribution in [0.1, 0.15) is 81.6 Å². The van der Waals surface area contributed by atoms with E-state index in [9.17, 15) is 22.8 Å². The Morgan fingerprint density at radius 3 is 1.89 bits per heavy atom. The maximum Gasteiger partial charge on any atom is 0.391 e. The molecule has 57 heavy (non-hydrogen) atoms. The fourth-order valence-electron chi connectivity index (χ4n) is 9.50. The minimum atomic E-state index is -4.24. The lowest BCUT2D eigenvalue weighted by molar-refractivity contribution is -0.183. The Hall–Kier alpha value is -3.63. The van der Waals surface area contributed by atoms with Gasteiger partial charge in [0.25, 0.3) is 14.2 Å². The number of carbonyl (C=O) groups is 2. The summed E-state index contributed by atoms with van der Waals surface area (Å²) in [5, 5.41) is 3.37. The fourth-order valence-corrected chi connectivity index (χ4v) is 14.8. The van der Waals surface area contributed by atoms with Gasteiger partial charge in [-0.1, -0.05) is 117 Å². The van der Waals surface area contributed by atoms with E-state index in [1.54, 1.807) is 18.2 Å². The molecule has 2 heterocycles. The first kappa shape index (κ1) is 41.5. The van der Waals surface area contributed by atoms with Crippen LogP contribution in [0.15, 0.2) is 97.1 Å². The molecular weight excluding hydrogens is 785 g/mol. The predicted molar refractivity (Wildman–Crippen MR) is 225 cm³/mol. The van der Waals surface area contributed by atoms with Crippen LogP contribution >= 0.6 is 23.2 Å². The second-order valence-electron chi connectivity index (χ2n) is 17.1. The third-order valence-corrected chi connectivity index (χ3v) is 18.2. The standard InChI is InChI=1S/C46H51Cl2F3N2O3Si/c1-45(2,3)57(37-10-6-4-7-11-37,38-12-8-5-9-13-38)56-36-20-18-31(19-21-36)39-24-27-53(44(39)55)30-41-40(28-35(47)29-42(41)48)32-14-16-33(17-15-32)43(54)52-25-22-34(23-26-52)46(49,50)51/h4-17,28-29,31,34,36,39H,18-27,30H2,1-3H3.